The molecule has 0 atom stereocenters. The highest BCUT2D eigenvalue weighted by molar-refractivity contribution is 5.47. The predicted octanol–water partition coefficient (Wildman–Crippen LogP) is 2.90. The van der Waals surface area contributed by atoms with Crippen LogP contribution in [-0.4, -0.2) is 11.7 Å². The molecule has 2 aromatic rings. The quantitative estimate of drug-likeness (QED) is 0.632. The molecule has 0 fully saturated rings. The first-order valence-electron chi connectivity index (χ1n) is 5.98. The molecule has 1 aliphatic rings. The minimum Gasteiger partial charge on any atom is -0.489 e. The zero-order chi connectivity index (χ0) is 13.9. The molecular formula is C14H11NO5. The second-order valence-electron chi connectivity index (χ2n) is 4.23. The Bertz CT molecular complexity index is 656. The maximum Gasteiger partial charge on any atom is 0.269 e. The van der Waals surface area contributed by atoms with E-state index in [1.807, 2.05) is 0 Å². The third kappa shape index (κ3) is 2.49. The molecule has 0 saturated heterocycles. The van der Waals surface area contributed by atoms with E-state index in [2.05, 4.69) is 0 Å². The summed E-state index contributed by atoms with van der Waals surface area (Å²) in [6.45, 7) is 0.463. The monoisotopic (exact) mass is 273 g/mol. The number of non-ortho nitro benzene ring substituents is 1. The summed E-state index contributed by atoms with van der Waals surface area (Å²) < 4.78 is 16.0. The van der Waals surface area contributed by atoms with Crippen molar-refractivity contribution in [3.63, 3.8) is 0 Å². The van der Waals surface area contributed by atoms with Crippen molar-refractivity contribution in [2.75, 3.05) is 6.79 Å². The van der Waals surface area contributed by atoms with Crippen LogP contribution in [0.2, 0.25) is 0 Å². The highest BCUT2D eigenvalue weighted by Gasteiger charge is 2.14. The van der Waals surface area contributed by atoms with Crippen LogP contribution < -0.4 is 14.2 Å². The van der Waals surface area contributed by atoms with Crippen LogP contribution in [0.15, 0.2) is 42.5 Å². The molecule has 6 heteroatoms. The maximum absolute atomic E-state index is 10.7. The summed E-state index contributed by atoms with van der Waals surface area (Å²) in [5.41, 5.74) is 0.786. The van der Waals surface area contributed by atoms with Gasteiger partial charge in [0.05, 0.1) is 4.92 Å². The molecule has 0 N–H and O–H groups in total. The lowest BCUT2D eigenvalue weighted by molar-refractivity contribution is -0.384. The maximum atomic E-state index is 10.7. The standard InChI is InChI=1S/C14H11NO5/c16-15(17)11-3-1-2-10(6-11)8-18-12-4-5-13-14(7-12)20-9-19-13/h1-7H,8-9H2. The number of fused-ring (bicyclic) bond motifs is 1. The molecule has 3 rings (SSSR count). The van der Waals surface area contributed by atoms with Gasteiger partial charge in [0.25, 0.3) is 5.69 Å². The Kier molecular flexibility index (Phi) is 3.12. The number of ether oxygens (including phenoxy) is 3. The van der Waals surface area contributed by atoms with Crippen molar-refractivity contribution in [2.45, 2.75) is 6.61 Å². The molecule has 0 amide bonds. The number of nitro benzene ring substituents is 1. The van der Waals surface area contributed by atoms with Crippen molar-refractivity contribution in [3.8, 4) is 17.2 Å². The van der Waals surface area contributed by atoms with Crippen LogP contribution in [0.3, 0.4) is 0 Å². The number of benzene rings is 2. The van der Waals surface area contributed by atoms with E-state index in [1.165, 1.54) is 12.1 Å². The van der Waals surface area contributed by atoms with E-state index in [0.717, 1.165) is 5.56 Å². The third-order valence-corrected chi connectivity index (χ3v) is 2.87. The average molecular weight is 273 g/mol. The average Bonchev–Trinajstić information content (AvgIpc) is 2.93. The minimum atomic E-state index is -0.427. The van der Waals surface area contributed by atoms with Crippen molar-refractivity contribution >= 4 is 5.69 Å². The fourth-order valence-electron chi connectivity index (χ4n) is 1.89. The second-order valence-corrected chi connectivity index (χ2v) is 4.23. The second kappa shape index (κ2) is 5.08. The van der Waals surface area contributed by atoms with E-state index in [9.17, 15) is 10.1 Å². The molecule has 1 aliphatic heterocycles. The number of nitrogens with zero attached hydrogens (tertiary/aromatic N) is 1. The van der Waals surface area contributed by atoms with Crippen molar-refractivity contribution in [1.29, 1.82) is 0 Å². The molecule has 2 aromatic carbocycles. The lowest BCUT2D eigenvalue weighted by Gasteiger charge is -2.07. The van der Waals surface area contributed by atoms with Gasteiger partial charge in [0.2, 0.25) is 6.79 Å². The number of hydrogen-bond acceptors (Lipinski definition) is 5. The van der Waals surface area contributed by atoms with E-state index in [-0.39, 0.29) is 19.1 Å². The molecule has 0 unspecified atom stereocenters. The highest BCUT2D eigenvalue weighted by atomic mass is 16.7. The number of hydrogen-bond donors (Lipinski definition) is 0. The van der Waals surface area contributed by atoms with E-state index in [1.54, 1.807) is 30.3 Å². The smallest absolute Gasteiger partial charge is 0.269 e. The first-order valence-corrected chi connectivity index (χ1v) is 5.98. The van der Waals surface area contributed by atoms with Crippen LogP contribution >= 0.6 is 0 Å². The van der Waals surface area contributed by atoms with E-state index >= 15 is 0 Å². The van der Waals surface area contributed by atoms with E-state index in [4.69, 9.17) is 14.2 Å². The molecule has 102 valence electrons. The first-order chi connectivity index (χ1) is 9.72. The Balaban J connectivity index is 1.70. The van der Waals surface area contributed by atoms with Gasteiger partial charge in [-0.3, -0.25) is 10.1 Å². The molecule has 0 bridgehead atoms. The van der Waals surface area contributed by atoms with E-state index < -0.39 is 4.92 Å². The largest absolute Gasteiger partial charge is 0.489 e. The number of nitro groups is 1. The summed E-state index contributed by atoms with van der Waals surface area (Å²) in [6.07, 6.45) is 0. The van der Waals surface area contributed by atoms with Crippen LogP contribution in [0.4, 0.5) is 5.69 Å². The van der Waals surface area contributed by atoms with Gasteiger partial charge in [0, 0.05) is 18.2 Å². The Morgan fingerprint density at radius 1 is 1.15 bits per heavy atom. The van der Waals surface area contributed by atoms with Gasteiger partial charge in [-0.1, -0.05) is 12.1 Å². The molecule has 20 heavy (non-hydrogen) atoms. The van der Waals surface area contributed by atoms with Crippen molar-refractivity contribution in [2.24, 2.45) is 0 Å². The summed E-state index contributed by atoms with van der Waals surface area (Å²) >= 11 is 0. The van der Waals surface area contributed by atoms with Crippen molar-refractivity contribution < 1.29 is 19.1 Å². The van der Waals surface area contributed by atoms with Crippen molar-refractivity contribution in [1.82, 2.24) is 0 Å². The van der Waals surface area contributed by atoms with Gasteiger partial charge in [-0.2, -0.15) is 0 Å². The Hall–Kier alpha value is -2.76. The highest BCUT2D eigenvalue weighted by Crippen LogP contribution is 2.35. The minimum absolute atomic E-state index is 0.0526. The van der Waals surface area contributed by atoms with Crippen LogP contribution in [0, 0.1) is 10.1 Å². The van der Waals surface area contributed by atoms with Crippen LogP contribution in [0.1, 0.15) is 5.56 Å². The Morgan fingerprint density at radius 2 is 2.00 bits per heavy atom. The molecule has 0 saturated carbocycles. The lowest BCUT2D eigenvalue weighted by atomic mass is 10.2. The van der Waals surface area contributed by atoms with Gasteiger partial charge in [-0.15, -0.1) is 0 Å². The third-order valence-electron chi connectivity index (χ3n) is 2.87. The summed E-state index contributed by atoms with van der Waals surface area (Å²) in [5.74, 6) is 1.95. The molecule has 0 spiro atoms. The molecule has 1 heterocycles. The van der Waals surface area contributed by atoms with Gasteiger partial charge in [0.15, 0.2) is 11.5 Å². The van der Waals surface area contributed by atoms with Crippen LogP contribution in [0.5, 0.6) is 17.2 Å². The normalized spacial score (nSPS) is 12.2. The summed E-state index contributed by atoms with van der Waals surface area (Å²) in [4.78, 5) is 10.3. The van der Waals surface area contributed by atoms with Gasteiger partial charge >= 0.3 is 0 Å². The molecule has 0 aromatic heterocycles. The van der Waals surface area contributed by atoms with Gasteiger partial charge in [-0.25, -0.2) is 0 Å². The summed E-state index contributed by atoms with van der Waals surface area (Å²) in [7, 11) is 0. The lowest BCUT2D eigenvalue weighted by Crippen LogP contribution is -1.97. The molecule has 0 aliphatic carbocycles. The zero-order valence-electron chi connectivity index (χ0n) is 10.4. The van der Waals surface area contributed by atoms with Gasteiger partial charge in [0.1, 0.15) is 12.4 Å². The molecule has 0 radical (unpaired) electrons. The first kappa shape index (κ1) is 12.3. The zero-order valence-corrected chi connectivity index (χ0v) is 10.4. The Labute approximate surface area is 114 Å². The summed E-state index contributed by atoms with van der Waals surface area (Å²) in [6, 6.07) is 11.6. The SMILES string of the molecule is O=[N+]([O-])c1cccc(COc2ccc3c(c2)OCO3)c1. The molecular weight excluding hydrogens is 262 g/mol. The fourth-order valence-corrected chi connectivity index (χ4v) is 1.89. The van der Waals surface area contributed by atoms with Gasteiger partial charge < -0.3 is 14.2 Å². The van der Waals surface area contributed by atoms with Crippen molar-refractivity contribution in [3.05, 3.63) is 58.1 Å². The van der Waals surface area contributed by atoms with Crippen LogP contribution in [0.25, 0.3) is 0 Å². The summed E-state index contributed by atoms with van der Waals surface area (Å²) in [5, 5.41) is 10.7. The van der Waals surface area contributed by atoms with Gasteiger partial charge in [-0.05, 0) is 17.7 Å². The van der Waals surface area contributed by atoms with Crippen LogP contribution in [-0.2, 0) is 6.61 Å². The predicted molar refractivity (Wildman–Crippen MR) is 70.0 cm³/mol. The topological polar surface area (TPSA) is 70.8 Å². The number of rotatable bonds is 4. The molecule has 6 nitrogen and oxygen atoms in total. The van der Waals surface area contributed by atoms with E-state index in [0.29, 0.717) is 17.2 Å². The Morgan fingerprint density at radius 3 is 2.85 bits per heavy atom. The fraction of sp³-hybridized carbons (Fsp3) is 0.143.